The molecule has 0 aliphatic carbocycles. The van der Waals surface area contributed by atoms with Gasteiger partial charge in [-0.25, -0.2) is 11.4 Å². The van der Waals surface area contributed by atoms with E-state index in [0.717, 1.165) is 49.2 Å². The molecule has 0 aromatic heterocycles. The summed E-state index contributed by atoms with van der Waals surface area (Å²) in [5.41, 5.74) is 3.52. The van der Waals surface area contributed by atoms with Crippen LogP contribution < -0.4 is 0 Å². The first kappa shape index (κ1) is 16.2. The number of benzene rings is 2. The maximum atomic E-state index is 11.3. The first-order valence-corrected chi connectivity index (χ1v) is 8.18. The van der Waals surface area contributed by atoms with Crippen molar-refractivity contribution in [1.82, 2.24) is 4.90 Å². The maximum Gasteiger partial charge on any atom is 0.335 e. The zero-order valence-corrected chi connectivity index (χ0v) is 13.5. The van der Waals surface area contributed by atoms with E-state index in [0.29, 0.717) is 5.56 Å². The molecule has 0 bridgehead atoms. The van der Waals surface area contributed by atoms with E-state index in [-0.39, 0.29) is 6.04 Å². The molecule has 4 heteroatoms. The van der Waals surface area contributed by atoms with E-state index in [9.17, 15) is 9.90 Å². The van der Waals surface area contributed by atoms with Crippen molar-refractivity contribution in [2.45, 2.75) is 25.4 Å². The van der Waals surface area contributed by atoms with Crippen LogP contribution >= 0.6 is 0 Å². The number of rotatable bonds is 4. The van der Waals surface area contributed by atoms with Crippen LogP contribution in [0.25, 0.3) is 16.0 Å². The van der Waals surface area contributed by atoms with Crippen LogP contribution in [0.4, 0.5) is 0 Å². The summed E-state index contributed by atoms with van der Waals surface area (Å²) in [5.74, 6) is -0.900. The number of nitrogens with zero attached hydrogens (tertiary/aromatic N) is 2. The number of carbonyl (C=O) groups is 1. The van der Waals surface area contributed by atoms with Crippen molar-refractivity contribution in [2.24, 2.45) is 0 Å². The van der Waals surface area contributed by atoms with Crippen LogP contribution in [0.15, 0.2) is 48.5 Å². The van der Waals surface area contributed by atoms with E-state index in [1.807, 2.05) is 36.4 Å². The largest absolute Gasteiger partial charge is 0.478 e. The molecule has 0 spiro atoms. The minimum absolute atomic E-state index is 0.139. The monoisotopic (exact) mass is 320 g/mol. The van der Waals surface area contributed by atoms with Crippen LogP contribution in [-0.2, 0) is 6.54 Å². The third-order valence-corrected chi connectivity index (χ3v) is 4.57. The maximum absolute atomic E-state index is 11.3. The standard InChI is InChI=1S/C20H20N2O2/c1-21-18-9-11-22(12-10-18)14-17-13-16(20(23)24)7-8-19(17)15-5-3-2-4-6-15/h2-8,13,18H,9-12,14H2,(H,23,24). The molecular weight excluding hydrogens is 300 g/mol. The Hall–Kier alpha value is -2.64. The predicted octanol–water partition coefficient (Wildman–Crippen LogP) is 3.94. The van der Waals surface area contributed by atoms with Gasteiger partial charge in [0.25, 0.3) is 0 Å². The van der Waals surface area contributed by atoms with Crippen molar-refractivity contribution < 1.29 is 9.90 Å². The zero-order chi connectivity index (χ0) is 16.9. The topological polar surface area (TPSA) is 44.9 Å². The van der Waals surface area contributed by atoms with Crippen LogP contribution in [0.2, 0.25) is 0 Å². The fourth-order valence-corrected chi connectivity index (χ4v) is 3.20. The lowest BCUT2D eigenvalue weighted by atomic mass is 9.96. The first-order chi connectivity index (χ1) is 11.7. The third kappa shape index (κ3) is 3.64. The average Bonchev–Trinajstić information content (AvgIpc) is 2.63. The van der Waals surface area contributed by atoms with E-state index in [1.54, 1.807) is 12.1 Å². The van der Waals surface area contributed by atoms with E-state index in [1.165, 1.54) is 0 Å². The Morgan fingerprint density at radius 1 is 1.17 bits per heavy atom. The molecule has 0 unspecified atom stereocenters. The molecule has 2 aromatic carbocycles. The van der Waals surface area contributed by atoms with Crippen molar-refractivity contribution in [3.8, 4) is 11.1 Å². The highest BCUT2D eigenvalue weighted by atomic mass is 16.4. The van der Waals surface area contributed by atoms with Gasteiger partial charge in [0.2, 0.25) is 6.04 Å². The lowest BCUT2D eigenvalue weighted by Gasteiger charge is -2.28. The van der Waals surface area contributed by atoms with Crippen molar-refractivity contribution in [2.75, 3.05) is 13.1 Å². The summed E-state index contributed by atoms with van der Waals surface area (Å²) in [4.78, 5) is 17.3. The number of likely N-dealkylation sites (tertiary alicyclic amines) is 1. The van der Waals surface area contributed by atoms with Gasteiger partial charge in [0.1, 0.15) is 0 Å². The van der Waals surface area contributed by atoms with Crippen LogP contribution in [0.3, 0.4) is 0 Å². The second-order valence-corrected chi connectivity index (χ2v) is 6.18. The van der Waals surface area contributed by atoms with Gasteiger partial charge in [0, 0.05) is 32.5 Å². The smallest absolute Gasteiger partial charge is 0.335 e. The van der Waals surface area contributed by atoms with Gasteiger partial charge < -0.3 is 9.95 Å². The van der Waals surface area contributed by atoms with Gasteiger partial charge in [-0.05, 0) is 28.8 Å². The van der Waals surface area contributed by atoms with Gasteiger partial charge in [-0.2, -0.15) is 0 Å². The zero-order valence-electron chi connectivity index (χ0n) is 13.5. The van der Waals surface area contributed by atoms with Crippen LogP contribution in [-0.4, -0.2) is 35.1 Å². The Balaban J connectivity index is 1.88. The molecule has 1 fully saturated rings. The van der Waals surface area contributed by atoms with Crippen molar-refractivity contribution in [3.63, 3.8) is 0 Å². The minimum Gasteiger partial charge on any atom is -0.478 e. The molecule has 122 valence electrons. The summed E-state index contributed by atoms with van der Waals surface area (Å²) in [6, 6.07) is 15.5. The Kier molecular flexibility index (Phi) is 4.93. The minimum atomic E-state index is -0.900. The number of aromatic carboxylic acids is 1. The fourth-order valence-electron chi connectivity index (χ4n) is 3.20. The van der Waals surface area contributed by atoms with Crippen LogP contribution in [0.1, 0.15) is 28.8 Å². The predicted molar refractivity (Wildman–Crippen MR) is 93.7 cm³/mol. The first-order valence-electron chi connectivity index (χ1n) is 8.18. The van der Waals surface area contributed by atoms with Gasteiger partial charge in [0.15, 0.2) is 0 Å². The van der Waals surface area contributed by atoms with Gasteiger partial charge in [0.05, 0.1) is 5.56 Å². The number of piperidine rings is 1. The van der Waals surface area contributed by atoms with Crippen molar-refractivity contribution >= 4 is 5.97 Å². The Morgan fingerprint density at radius 3 is 2.50 bits per heavy atom. The van der Waals surface area contributed by atoms with Crippen molar-refractivity contribution in [3.05, 3.63) is 71.1 Å². The average molecular weight is 320 g/mol. The molecule has 24 heavy (non-hydrogen) atoms. The van der Waals surface area contributed by atoms with E-state index < -0.39 is 5.97 Å². The summed E-state index contributed by atoms with van der Waals surface area (Å²) in [5, 5.41) is 9.30. The number of hydrogen-bond acceptors (Lipinski definition) is 2. The molecule has 0 saturated carbocycles. The molecule has 1 aliphatic heterocycles. The van der Waals surface area contributed by atoms with E-state index in [4.69, 9.17) is 6.57 Å². The lowest BCUT2D eigenvalue weighted by molar-refractivity contribution is 0.0696. The molecule has 2 aromatic rings. The summed E-state index contributed by atoms with van der Waals surface area (Å²) in [6.45, 7) is 9.64. The number of hydrogen-bond donors (Lipinski definition) is 1. The molecule has 3 rings (SSSR count). The molecule has 0 amide bonds. The molecule has 1 saturated heterocycles. The Bertz CT molecular complexity index is 757. The van der Waals surface area contributed by atoms with Crippen molar-refractivity contribution in [1.29, 1.82) is 0 Å². The Morgan fingerprint density at radius 2 is 1.88 bits per heavy atom. The van der Waals surface area contributed by atoms with Gasteiger partial charge in [-0.3, -0.25) is 4.90 Å². The summed E-state index contributed by atoms with van der Waals surface area (Å²) in [6.07, 6.45) is 1.78. The molecule has 1 aliphatic rings. The van der Waals surface area contributed by atoms with Crippen LogP contribution in [0, 0.1) is 6.57 Å². The van der Waals surface area contributed by atoms with Gasteiger partial charge in [-0.1, -0.05) is 36.4 Å². The number of carboxylic acids is 1. The Labute approximate surface area is 142 Å². The number of carboxylic acid groups (broad SMARTS) is 1. The fraction of sp³-hybridized carbons (Fsp3) is 0.300. The quantitative estimate of drug-likeness (QED) is 0.868. The summed E-state index contributed by atoms with van der Waals surface area (Å²) in [7, 11) is 0. The summed E-state index contributed by atoms with van der Waals surface area (Å²) >= 11 is 0. The van der Waals surface area contributed by atoms with Gasteiger partial charge >= 0.3 is 5.97 Å². The molecular formula is C20H20N2O2. The van der Waals surface area contributed by atoms with Gasteiger partial charge in [-0.15, -0.1) is 0 Å². The molecule has 1 N–H and O–H groups in total. The second kappa shape index (κ2) is 7.29. The highest BCUT2D eigenvalue weighted by molar-refractivity contribution is 5.89. The molecule has 4 nitrogen and oxygen atoms in total. The second-order valence-electron chi connectivity index (χ2n) is 6.18. The van der Waals surface area contributed by atoms with Crippen LogP contribution in [0.5, 0.6) is 0 Å². The SMILES string of the molecule is [C-]#[N+]C1CCN(Cc2cc(C(=O)O)ccc2-c2ccccc2)CC1. The normalized spacial score (nSPS) is 15.8. The third-order valence-electron chi connectivity index (χ3n) is 4.57. The highest BCUT2D eigenvalue weighted by Gasteiger charge is 2.23. The molecule has 1 heterocycles. The molecule has 0 atom stereocenters. The van der Waals surface area contributed by atoms with E-state index in [2.05, 4.69) is 9.74 Å². The van der Waals surface area contributed by atoms with E-state index >= 15 is 0 Å². The lowest BCUT2D eigenvalue weighted by Crippen LogP contribution is -2.34. The molecule has 0 radical (unpaired) electrons. The summed E-state index contributed by atoms with van der Waals surface area (Å²) < 4.78 is 0. The highest BCUT2D eigenvalue weighted by Crippen LogP contribution is 2.27.